The minimum Gasteiger partial charge on any atom is -0.378 e. The number of ether oxygens (including phenoxy) is 1. The number of hydrogen-bond donors (Lipinski definition) is 1. The smallest absolute Gasteiger partial charge is 0.378 e. The summed E-state index contributed by atoms with van der Waals surface area (Å²) >= 11 is 0. The number of benzene rings is 1. The Morgan fingerprint density at radius 1 is 1.06 bits per heavy atom. The molecule has 1 aromatic carbocycles. The molecule has 7 nitrogen and oxygen atoms in total. The molecule has 2 aromatic rings. The molecule has 1 aromatic heterocycles. The highest BCUT2D eigenvalue weighted by atomic mass is 19.4. The van der Waals surface area contributed by atoms with Crippen LogP contribution in [-0.4, -0.2) is 73.3 Å². The Morgan fingerprint density at radius 3 is 2.47 bits per heavy atom. The highest BCUT2D eigenvalue weighted by molar-refractivity contribution is 5.90. The van der Waals surface area contributed by atoms with Crippen LogP contribution in [0.1, 0.15) is 11.1 Å². The summed E-state index contributed by atoms with van der Waals surface area (Å²) < 4.78 is 46.4. The van der Waals surface area contributed by atoms with Crippen LogP contribution in [0.4, 0.5) is 29.3 Å². The van der Waals surface area contributed by atoms with Gasteiger partial charge in [-0.2, -0.15) is 13.2 Å². The second-order valence-corrected chi connectivity index (χ2v) is 7.88. The molecule has 172 valence electrons. The third-order valence-corrected chi connectivity index (χ3v) is 5.71. The molecule has 2 saturated heterocycles. The average Bonchev–Trinajstić information content (AvgIpc) is 2.80. The van der Waals surface area contributed by atoms with Gasteiger partial charge in [0.05, 0.1) is 24.5 Å². The first-order valence-electron chi connectivity index (χ1n) is 10.6. The van der Waals surface area contributed by atoms with E-state index < -0.39 is 17.8 Å². The van der Waals surface area contributed by atoms with Crippen LogP contribution in [0.25, 0.3) is 0 Å². The Morgan fingerprint density at radius 2 is 1.81 bits per heavy atom. The molecule has 3 heterocycles. The third kappa shape index (κ3) is 5.49. The fourth-order valence-electron chi connectivity index (χ4n) is 3.95. The van der Waals surface area contributed by atoms with Crippen LogP contribution in [0.15, 0.2) is 42.7 Å². The van der Waals surface area contributed by atoms with E-state index in [2.05, 4.69) is 15.2 Å². The summed E-state index contributed by atoms with van der Waals surface area (Å²) in [4.78, 5) is 22.4. The number of pyridine rings is 1. The molecular formula is C22H26F3N5O2. The number of morpholine rings is 1. The standard InChI is InChI=1S/C22H26F3N5O2/c23-22(24,25)19-14-18(29-10-12-32-13-11-29)3-4-20(19)27-21(31)30-8-6-28(7-9-30)16-17-2-1-5-26-15-17/h1-5,14-15H,6-13,16H2,(H,27,31). The molecule has 10 heteroatoms. The number of hydrogen-bond acceptors (Lipinski definition) is 5. The molecule has 2 aliphatic rings. The second kappa shape index (κ2) is 9.74. The average molecular weight is 449 g/mol. The second-order valence-electron chi connectivity index (χ2n) is 7.88. The molecule has 0 bridgehead atoms. The van der Waals surface area contributed by atoms with E-state index in [4.69, 9.17) is 4.74 Å². The number of anilines is 2. The van der Waals surface area contributed by atoms with Crippen LogP contribution in [0.2, 0.25) is 0 Å². The van der Waals surface area contributed by atoms with Crippen molar-refractivity contribution in [3.05, 3.63) is 53.9 Å². The molecule has 0 aliphatic carbocycles. The van der Waals surface area contributed by atoms with E-state index >= 15 is 0 Å². The molecule has 32 heavy (non-hydrogen) atoms. The monoisotopic (exact) mass is 449 g/mol. The van der Waals surface area contributed by atoms with Gasteiger partial charge in [0.1, 0.15) is 0 Å². The first-order valence-corrected chi connectivity index (χ1v) is 10.6. The Balaban J connectivity index is 1.39. The minimum absolute atomic E-state index is 0.225. The summed E-state index contributed by atoms with van der Waals surface area (Å²) in [6.45, 7) is 4.93. The predicted octanol–water partition coefficient (Wildman–Crippen LogP) is 3.29. The first-order chi connectivity index (χ1) is 15.4. The SMILES string of the molecule is O=C(Nc1ccc(N2CCOCC2)cc1C(F)(F)F)N1CCN(Cc2cccnc2)CC1. The molecule has 0 spiro atoms. The number of amides is 2. The van der Waals surface area contributed by atoms with Crippen LogP contribution in [-0.2, 0) is 17.5 Å². The lowest BCUT2D eigenvalue weighted by atomic mass is 10.1. The molecule has 0 radical (unpaired) electrons. The van der Waals surface area contributed by atoms with E-state index in [0.29, 0.717) is 58.2 Å². The van der Waals surface area contributed by atoms with Gasteiger partial charge in [-0.15, -0.1) is 0 Å². The number of nitrogens with one attached hydrogen (secondary N) is 1. The molecular weight excluding hydrogens is 423 g/mol. The molecule has 0 unspecified atom stereocenters. The van der Waals surface area contributed by atoms with Gasteiger partial charge in [0.2, 0.25) is 0 Å². The maximum absolute atomic E-state index is 13.7. The van der Waals surface area contributed by atoms with Gasteiger partial charge < -0.3 is 19.9 Å². The maximum atomic E-state index is 13.7. The predicted molar refractivity (Wildman–Crippen MR) is 115 cm³/mol. The zero-order valence-electron chi connectivity index (χ0n) is 17.6. The summed E-state index contributed by atoms with van der Waals surface area (Å²) in [6, 6.07) is 7.40. The maximum Gasteiger partial charge on any atom is 0.418 e. The third-order valence-electron chi connectivity index (χ3n) is 5.71. The number of rotatable bonds is 4. The number of carbonyl (C=O) groups is 1. The van der Waals surface area contributed by atoms with Gasteiger partial charge in [0.25, 0.3) is 0 Å². The van der Waals surface area contributed by atoms with Gasteiger partial charge in [0, 0.05) is 63.9 Å². The van der Waals surface area contributed by atoms with Crippen molar-refractivity contribution in [2.45, 2.75) is 12.7 Å². The van der Waals surface area contributed by atoms with E-state index in [0.717, 1.165) is 18.2 Å². The number of halogens is 3. The molecule has 0 saturated carbocycles. The highest BCUT2D eigenvalue weighted by Crippen LogP contribution is 2.37. The van der Waals surface area contributed by atoms with E-state index in [1.165, 1.54) is 6.07 Å². The van der Waals surface area contributed by atoms with Crippen LogP contribution in [0.3, 0.4) is 0 Å². The van der Waals surface area contributed by atoms with E-state index in [9.17, 15) is 18.0 Å². The summed E-state index contributed by atoms with van der Waals surface area (Å²) in [5.41, 5.74) is 0.491. The van der Waals surface area contributed by atoms with Crippen molar-refractivity contribution in [1.29, 1.82) is 0 Å². The van der Waals surface area contributed by atoms with Crippen molar-refractivity contribution in [2.24, 2.45) is 0 Å². The zero-order chi connectivity index (χ0) is 22.6. The van der Waals surface area contributed by atoms with Gasteiger partial charge >= 0.3 is 12.2 Å². The van der Waals surface area contributed by atoms with Crippen molar-refractivity contribution < 1.29 is 22.7 Å². The van der Waals surface area contributed by atoms with Crippen molar-refractivity contribution in [3.63, 3.8) is 0 Å². The topological polar surface area (TPSA) is 60.9 Å². The normalized spacial score (nSPS) is 18.0. The molecule has 2 fully saturated rings. The fourth-order valence-corrected chi connectivity index (χ4v) is 3.95. The van der Waals surface area contributed by atoms with Gasteiger partial charge in [-0.05, 0) is 29.8 Å². The van der Waals surface area contributed by atoms with Gasteiger partial charge in [-0.1, -0.05) is 6.07 Å². The number of nitrogens with zero attached hydrogens (tertiary/aromatic N) is 4. The number of aromatic nitrogens is 1. The Kier molecular flexibility index (Phi) is 6.80. The lowest BCUT2D eigenvalue weighted by Crippen LogP contribution is -2.49. The Bertz CT molecular complexity index is 912. The largest absolute Gasteiger partial charge is 0.418 e. The lowest BCUT2D eigenvalue weighted by Gasteiger charge is -2.35. The van der Waals surface area contributed by atoms with Crippen molar-refractivity contribution in [1.82, 2.24) is 14.8 Å². The lowest BCUT2D eigenvalue weighted by molar-refractivity contribution is -0.136. The van der Waals surface area contributed by atoms with E-state index in [-0.39, 0.29) is 5.69 Å². The summed E-state index contributed by atoms with van der Waals surface area (Å²) in [6.07, 6.45) is -1.06. The molecule has 4 rings (SSSR count). The van der Waals surface area contributed by atoms with E-state index in [1.54, 1.807) is 23.4 Å². The Labute approximate surface area is 184 Å². The number of carbonyl (C=O) groups excluding carboxylic acids is 1. The zero-order valence-corrected chi connectivity index (χ0v) is 17.6. The number of piperazine rings is 1. The van der Waals surface area contributed by atoms with Gasteiger partial charge in [-0.3, -0.25) is 9.88 Å². The summed E-state index contributed by atoms with van der Waals surface area (Å²) in [5.74, 6) is 0. The van der Waals surface area contributed by atoms with Crippen molar-refractivity contribution in [2.75, 3.05) is 62.7 Å². The molecule has 2 amide bonds. The minimum atomic E-state index is -4.58. The molecule has 0 atom stereocenters. The summed E-state index contributed by atoms with van der Waals surface area (Å²) in [5, 5.41) is 2.48. The van der Waals surface area contributed by atoms with Crippen LogP contribution in [0.5, 0.6) is 0 Å². The van der Waals surface area contributed by atoms with Crippen LogP contribution >= 0.6 is 0 Å². The first kappa shape index (κ1) is 22.3. The fraction of sp³-hybridized carbons (Fsp3) is 0.455. The molecule has 2 aliphatic heterocycles. The van der Waals surface area contributed by atoms with Crippen LogP contribution < -0.4 is 10.2 Å². The van der Waals surface area contributed by atoms with Gasteiger partial charge in [0.15, 0.2) is 0 Å². The van der Waals surface area contributed by atoms with Crippen molar-refractivity contribution >= 4 is 17.4 Å². The Hall–Kier alpha value is -2.85. The summed E-state index contributed by atoms with van der Waals surface area (Å²) in [7, 11) is 0. The van der Waals surface area contributed by atoms with Gasteiger partial charge in [-0.25, -0.2) is 4.79 Å². The number of alkyl halides is 3. The highest BCUT2D eigenvalue weighted by Gasteiger charge is 2.35. The van der Waals surface area contributed by atoms with E-state index in [1.807, 2.05) is 17.0 Å². The number of urea groups is 1. The quantitative estimate of drug-likeness (QED) is 0.776. The van der Waals surface area contributed by atoms with Crippen LogP contribution in [0, 0.1) is 0 Å². The van der Waals surface area contributed by atoms with Crippen molar-refractivity contribution in [3.8, 4) is 0 Å². The molecule has 1 N–H and O–H groups in total.